The Balaban J connectivity index is 1.68. The van der Waals surface area contributed by atoms with Gasteiger partial charge < -0.3 is 4.90 Å². The van der Waals surface area contributed by atoms with Crippen LogP contribution >= 0.6 is 0 Å². The predicted octanol–water partition coefficient (Wildman–Crippen LogP) is 2.03. The fraction of sp³-hybridized carbons (Fsp3) is 0.500. The summed E-state index contributed by atoms with van der Waals surface area (Å²) in [5.74, 6) is -0.396. The SMILES string of the molecule is CCN1C(=O)CN(CN(Cc2cccc(F)c2)C2CC2)C1=O. The maximum Gasteiger partial charge on any atom is 0.328 e. The zero-order valence-corrected chi connectivity index (χ0v) is 12.7. The molecule has 0 unspecified atom stereocenters. The van der Waals surface area contributed by atoms with Gasteiger partial charge in [-0.2, -0.15) is 0 Å². The molecular formula is C16H20FN3O2. The Morgan fingerprint density at radius 3 is 2.68 bits per heavy atom. The minimum Gasteiger partial charge on any atom is -0.302 e. The molecule has 1 aromatic rings. The summed E-state index contributed by atoms with van der Waals surface area (Å²) in [6, 6.07) is 6.71. The molecule has 0 spiro atoms. The number of rotatable bonds is 6. The highest BCUT2D eigenvalue weighted by Crippen LogP contribution is 2.29. The van der Waals surface area contributed by atoms with Gasteiger partial charge in [0, 0.05) is 19.1 Å². The Bertz CT molecular complexity index is 589. The number of nitrogens with zero attached hydrogens (tertiary/aromatic N) is 3. The van der Waals surface area contributed by atoms with Crippen LogP contribution in [-0.2, 0) is 11.3 Å². The van der Waals surface area contributed by atoms with Crippen molar-refractivity contribution in [1.29, 1.82) is 0 Å². The van der Waals surface area contributed by atoms with Crippen molar-refractivity contribution in [2.45, 2.75) is 32.4 Å². The summed E-state index contributed by atoms with van der Waals surface area (Å²) < 4.78 is 13.3. The Morgan fingerprint density at radius 2 is 2.09 bits per heavy atom. The summed E-state index contributed by atoms with van der Waals surface area (Å²) in [5.41, 5.74) is 0.886. The Morgan fingerprint density at radius 1 is 1.32 bits per heavy atom. The van der Waals surface area contributed by atoms with E-state index in [0.717, 1.165) is 18.4 Å². The Hall–Kier alpha value is -1.95. The van der Waals surface area contributed by atoms with Crippen LogP contribution in [0.4, 0.5) is 9.18 Å². The van der Waals surface area contributed by atoms with Crippen molar-refractivity contribution in [1.82, 2.24) is 14.7 Å². The number of carbonyl (C=O) groups is 2. The van der Waals surface area contributed by atoms with Crippen LogP contribution in [0, 0.1) is 5.82 Å². The van der Waals surface area contributed by atoms with E-state index in [4.69, 9.17) is 0 Å². The lowest BCUT2D eigenvalue weighted by Crippen LogP contribution is -2.41. The van der Waals surface area contributed by atoms with Crippen molar-refractivity contribution in [2.75, 3.05) is 19.8 Å². The van der Waals surface area contributed by atoms with E-state index < -0.39 is 0 Å². The van der Waals surface area contributed by atoms with Gasteiger partial charge in [0.2, 0.25) is 5.91 Å². The zero-order chi connectivity index (χ0) is 15.7. The Kier molecular flexibility index (Phi) is 4.11. The highest BCUT2D eigenvalue weighted by atomic mass is 19.1. The van der Waals surface area contributed by atoms with Crippen molar-refractivity contribution in [3.05, 3.63) is 35.6 Å². The second-order valence-electron chi connectivity index (χ2n) is 5.87. The van der Waals surface area contributed by atoms with E-state index >= 15 is 0 Å². The first kappa shape index (κ1) is 15.0. The van der Waals surface area contributed by atoms with E-state index in [1.54, 1.807) is 17.9 Å². The quantitative estimate of drug-likeness (QED) is 0.755. The van der Waals surface area contributed by atoms with Crippen LogP contribution in [0.3, 0.4) is 0 Å². The molecule has 118 valence electrons. The van der Waals surface area contributed by atoms with Crippen molar-refractivity contribution >= 4 is 11.9 Å². The summed E-state index contributed by atoms with van der Waals surface area (Å²) in [7, 11) is 0. The topological polar surface area (TPSA) is 43.9 Å². The monoisotopic (exact) mass is 305 g/mol. The van der Waals surface area contributed by atoms with E-state index in [9.17, 15) is 14.0 Å². The molecular weight excluding hydrogens is 285 g/mol. The number of carbonyl (C=O) groups excluding carboxylic acids is 2. The zero-order valence-electron chi connectivity index (χ0n) is 12.7. The normalized spacial score (nSPS) is 18.7. The largest absolute Gasteiger partial charge is 0.328 e. The summed E-state index contributed by atoms with van der Waals surface area (Å²) in [6.07, 6.45) is 2.17. The molecule has 6 heteroatoms. The van der Waals surface area contributed by atoms with Gasteiger partial charge in [0.25, 0.3) is 0 Å². The van der Waals surface area contributed by atoms with Crippen molar-refractivity contribution in [3.63, 3.8) is 0 Å². The summed E-state index contributed by atoms with van der Waals surface area (Å²) in [4.78, 5) is 29.0. The second-order valence-corrected chi connectivity index (χ2v) is 5.87. The molecule has 2 aliphatic rings. The third kappa shape index (κ3) is 3.11. The van der Waals surface area contributed by atoms with Gasteiger partial charge in [-0.05, 0) is 37.5 Å². The summed E-state index contributed by atoms with van der Waals surface area (Å²) >= 11 is 0. The number of likely N-dealkylation sites (N-methyl/N-ethyl adjacent to an activating group) is 1. The molecule has 0 aromatic heterocycles. The average molecular weight is 305 g/mol. The number of imide groups is 1. The minimum atomic E-state index is -0.252. The van der Waals surface area contributed by atoms with Gasteiger partial charge in [0.05, 0.1) is 6.67 Å². The molecule has 3 rings (SSSR count). The van der Waals surface area contributed by atoms with E-state index in [0.29, 0.717) is 25.8 Å². The number of hydrogen-bond donors (Lipinski definition) is 0. The molecule has 1 aromatic carbocycles. The van der Waals surface area contributed by atoms with Crippen molar-refractivity contribution < 1.29 is 14.0 Å². The molecule has 0 atom stereocenters. The van der Waals surface area contributed by atoms with Crippen LogP contribution in [0.25, 0.3) is 0 Å². The van der Waals surface area contributed by atoms with E-state index in [-0.39, 0.29) is 24.3 Å². The average Bonchev–Trinajstić information content (AvgIpc) is 3.27. The fourth-order valence-electron chi connectivity index (χ4n) is 2.84. The fourth-order valence-corrected chi connectivity index (χ4v) is 2.84. The van der Waals surface area contributed by atoms with Crippen molar-refractivity contribution in [3.8, 4) is 0 Å². The van der Waals surface area contributed by atoms with Crippen LogP contribution in [0.2, 0.25) is 0 Å². The number of halogens is 1. The van der Waals surface area contributed by atoms with Gasteiger partial charge in [-0.1, -0.05) is 12.1 Å². The molecule has 0 radical (unpaired) electrons. The first-order valence-corrected chi connectivity index (χ1v) is 7.66. The second kappa shape index (κ2) is 6.04. The van der Waals surface area contributed by atoms with Gasteiger partial charge in [0.15, 0.2) is 0 Å². The molecule has 1 heterocycles. The van der Waals surface area contributed by atoms with Gasteiger partial charge in [0.1, 0.15) is 12.4 Å². The van der Waals surface area contributed by atoms with Crippen molar-refractivity contribution in [2.24, 2.45) is 0 Å². The first-order valence-electron chi connectivity index (χ1n) is 7.66. The first-order chi connectivity index (χ1) is 10.6. The van der Waals surface area contributed by atoms with Gasteiger partial charge in [-0.3, -0.25) is 14.6 Å². The number of amides is 3. The van der Waals surface area contributed by atoms with E-state index in [2.05, 4.69) is 4.90 Å². The Labute approximate surface area is 129 Å². The molecule has 3 amide bonds. The maximum absolute atomic E-state index is 13.3. The molecule has 5 nitrogen and oxygen atoms in total. The van der Waals surface area contributed by atoms with E-state index in [1.165, 1.54) is 17.0 Å². The van der Waals surface area contributed by atoms with Crippen LogP contribution in [0.15, 0.2) is 24.3 Å². The summed E-state index contributed by atoms with van der Waals surface area (Å²) in [6.45, 7) is 3.35. The van der Waals surface area contributed by atoms with Crippen LogP contribution < -0.4 is 0 Å². The van der Waals surface area contributed by atoms with Gasteiger partial charge >= 0.3 is 6.03 Å². The number of urea groups is 1. The summed E-state index contributed by atoms with van der Waals surface area (Å²) in [5, 5.41) is 0. The highest BCUT2D eigenvalue weighted by molar-refractivity contribution is 6.01. The van der Waals surface area contributed by atoms with Crippen LogP contribution in [-0.4, -0.2) is 52.4 Å². The molecule has 1 saturated carbocycles. The molecule has 1 aliphatic carbocycles. The third-order valence-corrected chi connectivity index (χ3v) is 4.14. The molecule has 22 heavy (non-hydrogen) atoms. The van der Waals surface area contributed by atoms with Gasteiger partial charge in [-0.25, -0.2) is 9.18 Å². The smallest absolute Gasteiger partial charge is 0.302 e. The van der Waals surface area contributed by atoms with E-state index in [1.807, 2.05) is 6.07 Å². The standard InChI is InChI=1S/C16H20FN3O2/c1-2-20-15(21)10-19(16(20)22)11-18(14-6-7-14)9-12-4-3-5-13(17)8-12/h3-5,8,14H,2,6-7,9-11H2,1H3. The predicted molar refractivity (Wildman–Crippen MR) is 79.3 cm³/mol. The van der Waals surface area contributed by atoms with Crippen LogP contribution in [0.1, 0.15) is 25.3 Å². The molecule has 2 fully saturated rings. The third-order valence-electron chi connectivity index (χ3n) is 4.14. The van der Waals surface area contributed by atoms with Gasteiger partial charge in [-0.15, -0.1) is 0 Å². The minimum absolute atomic E-state index is 0.138. The number of hydrogen-bond acceptors (Lipinski definition) is 3. The maximum atomic E-state index is 13.3. The molecule has 1 aliphatic heterocycles. The molecule has 0 N–H and O–H groups in total. The van der Waals surface area contributed by atoms with Crippen LogP contribution in [0.5, 0.6) is 0 Å². The molecule has 0 bridgehead atoms. The lowest BCUT2D eigenvalue weighted by atomic mass is 10.2. The number of benzene rings is 1. The molecule has 1 saturated heterocycles. The highest BCUT2D eigenvalue weighted by Gasteiger charge is 2.38. The lowest BCUT2D eigenvalue weighted by molar-refractivity contribution is -0.125. The lowest BCUT2D eigenvalue weighted by Gasteiger charge is -2.27.